The van der Waals surface area contributed by atoms with Crippen LogP contribution in [0, 0.1) is 11.3 Å². The molecular weight excluding hydrogens is 358 g/mol. The van der Waals surface area contributed by atoms with Gasteiger partial charge in [0.15, 0.2) is 0 Å². The molecule has 0 bridgehead atoms. The fourth-order valence-electron chi connectivity index (χ4n) is 2.67. The van der Waals surface area contributed by atoms with Crippen LogP contribution in [0.2, 0.25) is 0 Å². The van der Waals surface area contributed by atoms with Gasteiger partial charge in [0.1, 0.15) is 0 Å². The number of sulfonamides is 1. The highest BCUT2D eigenvalue weighted by Crippen LogP contribution is 2.40. The van der Waals surface area contributed by atoms with Crippen LogP contribution in [0.4, 0.5) is 0 Å². The van der Waals surface area contributed by atoms with Gasteiger partial charge in [0.2, 0.25) is 10.0 Å². The Labute approximate surface area is 133 Å². The van der Waals surface area contributed by atoms with Crippen molar-refractivity contribution in [2.75, 3.05) is 13.1 Å². The summed E-state index contributed by atoms with van der Waals surface area (Å²) in [6.07, 6.45) is 0.341. The quantitative estimate of drug-likeness (QED) is 0.877. The number of hydrogen-bond donors (Lipinski definition) is 1. The zero-order chi connectivity index (χ0) is 15.8. The lowest BCUT2D eigenvalue weighted by molar-refractivity contribution is -0.150. The molecule has 0 aromatic heterocycles. The number of rotatable bonds is 4. The summed E-state index contributed by atoms with van der Waals surface area (Å²) in [5, 5.41) is 9.50. The first-order chi connectivity index (χ1) is 9.70. The standard InChI is InChI=1S/C14H18BrNO4S/c1-10(2)14(13(17)18)6-7-16(9-14)21(19,20)12-5-3-4-11(15)8-12/h3-5,8,10H,6-7,9H2,1-2H3,(H,17,18). The SMILES string of the molecule is CC(C)C1(C(=O)O)CCN(S(=O)(=O)c2cccc(Br)c2)C1. The van der Waals surface area contributed by atoms with Gasteiger partial charge in [-0.05, 0) is 30.5 Å². The van der Waals surface area contributed by atoms with Crippen molar-refractivity contribution in [1.82, 2.24) is 4.31 Å². The van der Waals surface area contributed by atoms with Gasteiger partial charge in [-0.25, -0.2) is 8.42 Å². The minimum atomic E-state index is -3.66. The number of carboxylic acid groups (broad SMARTS) is 1. The molecule has 1 atom stereocenters. The first kappa shape index (κ1) is 16.5. The Morgan fingerprint density at radius 2 is 2.10 bits per heavy atom. The van der Waals surface area contributed by atoms with E-state index in [1.807, 2.05) is 13.8 Å². The zero-order valence-electron chi connectivity index (χ0n) is 11.9. The van der Waals surface area contributed by atoms with Crippen LogP contribution in [0.5, 0.6) is 0 Å². The second-order valence-electron chi connectivity index (χ2n) is 5.66. The number of carbonyl (C=O) groups is 1. The molecule has 0 saturated carbocycles. The monoisotopic (exact) mass is 375 g/mol. The van der Waals surface area contributed by atoms with Crippen molar-refractivity contribution in [2.45, 2.75) is 25.2 Å². The zero-order valence-corrected chi connectivity index (χ0v) is 14.3. The average Bonchev–Trinajstić information content (AvgIpc) is 2.85. The van der Waals surface area contributed by atoms with Gasteiger partial charge in [0, 0.05) is 17.6 Å². The lowest BCUT2D eigenvalue weighted by atomic mass is 9.77. The molecule has 1 unspecified atom stereocenters. The first-order valence-corrected chi connectivity index (χ1v) is 8.92. The second-order valence-corrected chi connectivity index (χ2v) is 8.52. The van der Waals surface area contributed by atoms with E-state index in [2.05, 4.69) is 15.9 Å². The Bertz CT molecular complexity index is 659. The number of benzene rings is 1. The van der Waals surface area contributed by atoms with Gasteiger partial charge in [-0.3, -0.25) is 4.79 Å². The molecule has 1 aliphatic rings. The van der Waals surface area contributed by atoms with Crippen molar-refractivity contribution >= 4 is 31.9 Å². The number of nitrogens with zero attached hydrogens (tertiary/aromatic N) is 1. The van der Waals surface area contributed by atoms with Crippen molar-refractivity contribution in [3.05, 3.63) is 28.7 Å². The summed E-state index contributed by atoms with van der Waals surface area (Å²) < 4.78 is 27.2. The van der Waals surface area contributed by atoms with E-state index >= 15 is 0 Å². The van der Waals surface area contributed by atoms with Crippen molar-refractivity contribution in [2.24, 2.45) is 11.3 Å². The largest absolute Gasteiger partial charge is 0.481 e. The van der Waals surface area contributed by atoms with Gasteiger partial charge < -0.3 is 5.11 Å². The van der Waals surface area contributed by atoms with Gasteiger partial charge in [-0.15, -0.1) is 0 Å². The molecule has 1 heterocycles. The summed E-state index contributed by atoms with van der Waals surface area (Å²) in [7, 11) is -3.66. The Kier molecular flexibility index (Phi) is 4.46. The van der Waals surface area contributed by atoms with Crippen LogP contribution in [-0.4, -0.2) is 36.9 Å². The van der Waals surface area contributed by atoms with E-state index in [4.69, 9.17) is 0 Å². The molecule has 1 N–H and O–H groups in total. The molecule has 0 spiro atoms. The van der Waals surface area contributed by atoms with E-state index in [1.165, 1.54) is 16.4 Å². The highest BCUT2D eigenvalue weighted by molar-refractivity contribution is 9.10. The van der Waals surface area contributed by atoms with E-state index in [0.29, 0.717) is 10.9 Å². The van der Waals surface area contributed by atoms with Crippen molar-refractivity contribution in [3.63, 3.8) is 0 Å². The summed E-state index contributed by atoms with van der Waals surface area (Å²) in [6, 6.07) is 6.46. The van der Waals surface area contributed by atoms with E-state index in [9.17, 15) is 18.3 Å². The number of hydrogen-bond acceptors (Lipinski definition) is 3. The molecule has 1 aromatic carbocycles. The minimum Gasteiger partial charge on any atom is -0.481 e. The second kappa shape index (κ2) is 5.70. The molecule has 1 aromatic rings. The maximum absolute atomic E-state index is 12.6. The fourth-order valence-corrected chi connectivity index (χ4v) is 4.78. The molecular formula is C14H18BrNO4S. The Hall–Kier alpha value is -0.920. The molecule has 0 radical (unpaired) electrons. The van der Waals surface area contributed by atoms with E-state index in [0.717, 1.165) is 0 Å². The van der Waals surface area contributed by atoms with Crippen molar-refractivity contribution in [3.8, 4) is 0 Å². The fraction of sp³-hybridized carbons (Fsp3) is 0.500. The Morgan fingerprint density at radius 3 is 2.57 bits per heavy atom. The first-order valence-electron chi connectivity index (χ1n) is 6.69. The molecule has 0 amide bonds. The maximum atomic E-state index is 12.6. The lowest BCUT2D eigenvalue weighted by Crippen LogP contribution is -2.40. The van der Waals surface area contributed by atoms with Crippen LogP contribution in [0.3, 0.4) is 0 Å². The molecule has 1 fully saturated rings. The smallest absolute Gasteiger partial charge is 0.311 e. The highest BCUT2D eigenvalue weighted by atomic mass is 79.9. The lowest BCUT2D eigenvalue weighted by Gasteiger charge is -2.28. The van der Waals surface area contributed by atoms with Crippen LogP contribution in [0.15, 0.2) is 33.6 Å². The molecule has 1 aliphatic heterocycles. The summed E-state index contributed by atoms with van der Waals surface area (Å²) in [5.74, 6) is -1.05. The predicted octanol–water partition coefficient (Wildman–Crippen LogP) is 2.57. The van der Waals surface area contributed by atoms with Crippen LogP contribution in [0.1, 0.15) is 20.3 Å². The summed E-state index contributed by atoms with van der Waals surface area (Å²) in [6.45, 7) is 3.90. The predicted molar refractivity (Wildman–Crippen MR) is 82.4 cm³/mol. The highest BCUT2D eigenvalue weighted by Gasteiger charge is 2.50. The van der Waals surface area contributed by atoms with Crippen molar-refractivity contribution < 1.29 is 18.3 Å². The van der Waals surface area contributed by atoms with Crippen LogP contribution < -0.4 is 0 Å². The molecule has 116 valence electrons. The summed E-state index contributed by atoms with van der Waals surface area (Å²) in [4.78, 5) is 11.8. The topological polar surface area (TPSA) is 74.7 Å². The van der Waals surface area contributed by atoms with Gasteiger partial charge in [-0.2, -0.15) is 4.31 Å². The van der Waals surface area contributed by atoms with Crippen LogP contribution in [0.25, 0.3) is 0 Å². The normalized spacial score (nSPS) is 23.6. The van der Waals surface area contributed by atoms with E-state index in [1.54, 1.807) is 12.1 Å². The third-order valence-corrected chi connectivity index (χ3v) is 6.57. The molecule has 1 saturated heterocycles. The minimum absolute atomic E-state index is 0.0227. The van der Waals surface area contributed by atoms with Crippen LogP contribution >= 0.6 is 15.9 Å². The molecule has 0 aliphatic carbocycles. The van der Waals surface area contributed by atoms with Gasteiger partial charge in [0.05, 0.1) is 10.3 Å². The number of aliphatic carboxylic acids is 1. The van der Waals surface area contributed by atoms with Gasteiger partial charge >= 0.3 is 5.97 Å². The number of halogens is 1. The van der Waals surface area contributed by atoms with Crippen molar-refractivity contribution in [1.29, 1.82) is 0 Å². The van der Waals surface area contributed by atoms with Crippen LogP contribution in [-0.2, 0) is 14.8 Å². The Morgan fingerprint density at radius 1 is 1.43 bits per heavy atom. The van der Waals surface area contributed by atoms with Gasteiger partial charge in [-0.1, -0.05) is 35.8 Å². The average molecular weight is 376 g/mol. The third-order valence-electron chi connectivity index (χ3n) is 4.23. The van der Waals surface area contributed by atoms with E-state index < -0.39 is 21.4 Å². The number of carboxylic acids is 1. The molecule has 2 rings (SSSR count). The van der Waals surface area contributed by atoms with E-state index in [-0.39, 0.29) is 23.9 Å². The molecule has 21 heavy (non-hydrogen) atoms. The molecule has 7 heteroatoms. The summed E-state index contributed by atoms with van der Waals surface area (Å²) >= 11 is 3.25. The summed E-state index contributed by atoms with van der Waals surface area (Å²) in [5.41, 5.74) is -1.00. The Balaban J connectivity index is 2.34. The molecule has 5 nitrogen and oxygen atoms in total. The maximum Gasteiger partial charge on any atom is 0.311 e. The van der Waals surface area contributed by atoms with Gasteiger partial charge in [0.25, 0.3) is 0 Å². The third kappa shape index (κ3) is 2.86.